The van der Waals surface area contributed by atoms with E-state index in [1.807, 2.05) is 11.9 Å². The second-order valence-corrected chi connectivity index (χ2v) is 6.83. The molecule has 1 saturated carbocycles. The summed E-state index contributed by atoms with van der Waals surface area (Å²) in [4.78, 5) is 37.8. The van der Waals surface area contributed by atoms with Crippen molar-refractivity contribution in [2.24, 2.45) is 0 Å². The van der Waals surface area contributed by atoms with Crippen LogP contribution in [0.25, 0.3) is 11.1 Å². The zero-order valence-electron chi connectivity index (χ0n) is 14.1. The Labute approximate surface area is 145 Å². The third-order valence-electron chi connectivity index (χ3n) is 5.26. The van der Waals surface area contributed by atoms with Crippen LogP contribution in [0.4, 0.5) is 11.4 Å². The SMILES string of the molecule is CN(c1c(-c2ccc3c(c2)OCC(=O)N3)c(=O)c1=O)C1CCCCC1. The van der Waals surface area contributed by atoms with Crippen molar-refractivity contribution in [2.75, 3.05) is 23.9 Å². The molecule has 0 saturated heterocycles. The van der Waals surface area contributed by atoms with Crippen molar-refractivity contribution in [3.05, 3.63) is 38.6 Å². The number of anilines is 2. The highest BCUT2D eigenvalue weighted by atomic mass is 16.5. The van der Waals surface area contributed by atoms with E-state index in [-0.39, 0.29) is 12.5 Å². The topological polar surface area (TPSA) is 75.7 Å². The van der Waals surface area contributed by atoms with E-state index in [9.17, 15) is 14.4 Å². The monoisotopic (exact) mass is 340 g/mol. The average molecular weight is 340 g/mol. The lowest BCUT2D eigenvalue weighted by Crippen LogP contribution is -2.45. The van der Waals surface area contributed by atoms with Crippen molar-refractivity contribution in [2.45, 2.75) is 38.1 Å². The molecule has 4 rings (SSSR count). The minimum atomic E-state index is -0.447. The van der Waals surface area contributed by atoms with Crippen LogP contribution in [0.5, 0.6) is 5.75 Å². The Hall–Kier alpha value is -2.63. The first kappa shape index (κ1) is 15.9. The quantitative estimate of drug-likeness (QED) is 0.866. The van der Waals surface area contributed by atoms with Gasteiger partial charge in [0.1, 0.15) is 11.4 Å². The Morgan fingerprint density at radius 3 is 2.60 bits per heavy atom. The summed E-state index contributed by atoms with van der Waals surface area (Å²) in [7, 11) is 1.91. The predicted octanol–water partition coefficient (Wildman–Crippen LogP) is 2.05. The molecule has 0 spiro atoms. The number of nitrogens with zero attached hydrogens (tertiary/aromatic N) is 1. The van der Waals surface area contributed by atoms with Gasteiger partial charge in [-0.15, -0.1) is 0 Å². The molecule has 0 unspecified atom stereocenters. The van der Waals surface area contributed by atoms with Crippen molar-refractivity contribution in [1.82, 2.24) is 0 Å². The van der Waals surface area contributed by atoms with Gasteiger partial charge in [-0.3, -0.25) is 14.4 Å². The molecule has 0 radical (unpaired) electrons. The third-order valence-corrected chi connectivity index (χ3v) is 5.26. The smallest absolute Gasteiger partial charge is 0.262 e. The molecule has 0 atom stereocenters. The molecule has 0 bridgehead atoms. The fourth-order valence-electron chi connectivity index (χ4n) is 3.87. The summed E-state index contributed by atoms with van der Waals surface area (Å²) < 4.78 is 5.42. The first-order valence-electron chi connectivity index (χ1n) is 8.69. The van der Waals surface area contributed by atoms with Gasteiger partial charge in [0.05, 0.1) is 11.3 Å². The van der Waals surface area contributed by atoms with E-state index < -0.39 is 10.9 Å². The van der Waals surface area contributed by atoms with E-state index in [4.69, 9.17) is 4.74 Å². The van der Waals surface area contributed by atoms with Crippen LogP contribution in [0.1, 0.15) is 32.1 Å². The number of fused-ring (bicyclic) bond motifs is 1. The summed E-state index contributed by atoms with van der Waals surface area (Å²) >= 11 is 0. The first-order chi connectivity index (χ1) is 12.1. The number of rotatable bonds is 3. The van der Waals surface area contributed by atoms with Crippen LogP contribution in [-0.2, 0) is 4.79 Å². The largest absolute Gasteiger partial charge is 0.482 e. The molecule has 2 aromatic rings. The van der Waals surface area contributed by atoms with Gasteiger partial charge < -0.3 is 15.0 Å². The van der Waals surface area contributed by atoms with Crippen LogP contribution in [0.3, 0.4) is 0 Å². The highest BCUT2D eigenvalue weighted by Crippen LogP contribution is 2.36. The second kappa shape index (κ2) is 6.02. The summed E-state index contributed by atoms with van der Waals surface area (Å²) in [5, 5.41) is 2.73. The number of hydrogen-bond acceptors (Lipinski definition) is 5. The number of ether oxygens (including phenoxy) is 1. The van der Waals surface area contributed by atoms with Crippen molar-refractivity contribution >= 4 is 17.3 Å². The molecule has 0 aromatic heterocycles. The maximum atomic E-state index is 12.2. The maximum Gasteiger partial charge on any atom is 0.262 e. The molecule has 1 amide bonds. The minimum absolute atomic E-state index is 0.0444. The number of carbonyl (C=O) groups excluding carboxylic acids is 1. The summed E-state index contributed by atoms with van der Waals surface area (Å²) in [5.41, 5.74) is 1.36. The molecule has 25 heavy (non-hydrogen) atoms. The fourth-order valence-corrected chi connectivity index (χ4v) is 3.87. The van der Waals surface area contributed by atoms with Gasteiger partial charge >= 0.3 is 0 Å². The lowest BCUT2D eigenvalue weighted by molar-refractivity contribution is -0.118. The Kier molecular flexibility index (Phi) is 3.82. The Balaban J connectivity index is 1.70. The van der Waals surface area contributed by atoms with Gasteiger partial charge in [-0.1, -0.05) is 25.3 Å². The summed E-state index contributed by atoms with van der Waals surface area (Å²) in [6.07, 6.45) is 5.65. The molecule has 2 aromatic carbocycles. The first-order valence-corrected chi connectivity index (χ1v) is 8.69. The van der Waals surface area contributed by atoms with E-state index >= 15 is 0 Å². The third kappa shape index (κ3) is 2.62. The van der Waals surface area contributed by atoms with Crippen LogP contribution < -0.4 is 25.8 Å². The predicted molar refractivity (Wildman–Crippen MR) is 96.2 cm³/mol. The second-order valence-electron chi connectivity index (χ2n) is 6.83. The highest BCUT2D eigenvalue weighted by Gasteiger charge is 2.30. The number of nitrogens with one attached hydrogen (secondary N) is 1. The molecule has 2 aliphatic rings. The summed E-state index contributed by atoms with van der Waals surface area (Å²) in [6, 6.07) is 5.50. The molecule has 130 valence electrons. The zero-order chi connectivity index (χ0) is 17.6. The molecule has 6 heteroatoms. The standard InChI is InChI=1S/C19H20N2O4/c1-21(12-5-3-2-4-6-12)17-16(18(23)19(17)24)11-7-8-13-14(9-11)25-10-15(22)20-13/h7-9,12H,2-6,10H2,1H3,(H,20,22). The molecule has 1 aliphatic carbocycles. The van der Waals surface area contributed by atoms with Gasteiger partial charge in [-0.25, -0.2) is 0 Å². The molecular formula is C19H20N2O4. The maximum absolute atomic E-state index is 12.2. The van der Waals surface area contributed by atoms with Gasteiger partial charge in [0.25, 0.3) is 5.91 Å². The Morgan fingerprint density at radius 2 is 1.84 bits per heavy atom. The fraction of sp³-hybridized carbons (Fsp3) is 0.421. The van der Waals surface area contributed by atoms with E-state index in [2.05, 4.69) is 5.32 Å². The van der Waals surface area contributed by atoms with Crippen LogP contribution in [-0.4, -0.2) is 25.6 Å². The lowest BCUT2D eigenvalue weighted by atomic mass is 9.91. The van der Waals surface area contributed by atoms with Crippen molar-refractivity contribution < 1.29 is 9.53 Å². The normalized spacial score (nSPS) is 17.7. The van der Waals surface area contributed by atoms with E-state index in [1.165, 1.54) is 6.42 Å². The molecule has 6 nitrogen and oxygen atoms in total. The average Bonchev–Trinajstić information content (AvgIpc) is 2.65. The number of carbonyl (C=O) groups is 1. The minimum Gasteiger partial charge on any atom is -0.482 e. The molecule has 1 aliphatic heterocycles. The molecule has 1 N–H and O–H groups in total. The van der Waals surface area contributed by atoms with Gasteiger partial charge in [0, 0.05) is 13.1 Å². The summed E-state index contributed by atoms with van der Waals surface area (Å²) in [5.74, 6) is 0.323. The molecule has 1 fully saturated rings. The van der Waals surface area contributed by atoms with Crippen LogP contribution in [0.15, 0.2) is 27.8 Å². The summed E-state index contributed by atoms with van der Waals surface area (Å²) in [6.45, 7) is -0.0444. The number of benzene rings is 1. The van der Waals surface area contributed by atoms with Gasteiger partial charge in [-0.2, -0.15) is 0 Å². The Bertz CT molecular complexity index is 905. The lowest BCUT2D eigenvalue weighted by Gasteiger charge is -2.34. The molecular weight excluding hydrogens is 320 g/mol. The van der Waals surface area contributed by atoms with Gasteiger partial charge in [0.15, 0.2) is 6.61 Å². The van der Waals surface area contributed by atoms with Crippen molar-refractivity contribution in [3.8, 4) is 16.9 Å². The van der Waals surface area contributed by atoms with Crippen LogP contribution in [0.2, 0.25) is 0 Å². The van der Waals surface area contributed by atoms with Gasteiger partial charge in [-0.05, 0) is 30.5 Å². The number of hydrogen-bond donors (Lipinski definition) is 1. The van der Waals surface area contributed by atoms with Crippen molar-refractivity contribution in [1.29, 1.82) is 0 Å². The van der Waals surface area contributed by atoms with E-state index in [0.717, 1.165) is 25.7 Å². The van der Waals surface area contributed by atoms with Crippen LogP contribution in [0, 0.1) is 0 Å². The van der Waals surface area contributed by atoms with Crippen LogP contribution >= 0.6 is 0 Å². The highest BCUT2D eigenvalue weighted by molar-refractivity contribution is 5.96. The van der Waals surface area contributed by atoms with Gasteiger partial charge in [0.2, 0.25) is 10.9 Å². The molecule has 1 heterocycles. The van der Waals surface area contributed by atoms with E-state index in [0.29, 0.717) is 34.3 Å². The van der Waals surface area contributed by atoms with Crippen molar-refractivity contribution in [3.63, 3.8) is 0 Å². The number of amides is 1. The Morgan fingerprint density at radius 1 is 1.08 bits per heavy atom. The van der Waals surface area contributed by atoms with E-state index in [1.54, 1.807) is 18.2 Å². The zero-order valence-corrected chi connectivity index (χ0v) is 14.1.